The van der Waals surface area contributed by atoms with E-state index in [4.69, 9.17) is 9.90 Å². The fourth-order valence-corrected chi connectivity index (χ4v) is 0. The van der Waals surface area contributed by atoms with Crippen LogP contribution in [-0.2, 0) is 0 Å². The third-order valence-corrected chi connectivity index (χ3v) is 0. The first-order chi connectivity index (χ1) is 1.73. The number of carboxylic acid groups (broad SMARTS) is 1. The molecule has 0 saturated carbocycles. The van der Waals surface area contributed by atoms with E-state index in [1.54, 1.807) is 0 Å². The molecule has 0 atom stereocenters. The summed E-state index contributed by atoms with van der Waals surface area (Å²) in [5.41, 5.74) is 0. The number of carbonyl (C=O) groups is 1. The Morgan fingerprint density at radius 2 is 1.80 bits per heavy atom. The Hall–Kier alpha value is 0.456. The fourth-order valence-electron chi connectivity index (χ4n) is 0. The molecule has 0 aromatic carbocycles. The molecule has 0 heterocycles. The van der Waals surface area contributed by atoms with E-state index in [9.17, 15) is 0 Å². The van der Waals surface area contributed by atoms with Gasteiger partial charge in [-0.15, -0.1) is 0 Å². The Bertz CT molecular complexity index is 32.6. The molecule has 2 nitrogen and oxygen atoms in total. The molecular formula is CH5GaO2S. The quantitative estimate of drug-likeness (QED) is 0.358. The summed E-state index contributed by atoms with van der Waals surface area (Å²) in [5, 5.41) is 6.14. The third kappa shape index (κ3) is 129. The van der Waals surface area contributed by atoms with Crippen LogP contribution in [0.15, 0.2) is 0 Å². The van der Waals surface area contributed by atoms with Gasteiger partial charge in [0.15, 0.2) is 0 Å². The van der Waals surface area contributed by atoms with Crippen molar-refractivity contribution in [1.29, 1.82) is 0 Å². The third-order valence-electron chi connectivity index (χ3n) is 0. The normalized spacial score (nSPS) is 5.00. The predicted molar refractivity (Wildman–Crippen MR) is 26.9 cm³/mol. The van der Waals surface area contributed by atoms with Gasteiger partial charge in [0.25, 0.3) is 0 Å². The molecule has 0 aromatic rings. The summed E-state index contributed by atoms with van der Waals surface area (Å²) < 4.78 is 0. The van der Waals surface area contributed by atoms with E-state index >= 15 is 0 Å². The first-order valence-corrected chi connectivity index (χ1v) is 1.10. The first-order valence-electron chi connectivity index (χ1n) is 0.651. The Morgan fingerprint density at radius 3 is 1.80 bits per heavy atom. The monoisotopic (exact) mass is 150 g/mol. The van der Waals surface area contributed by atoms with Gasteiger partial charge in [-0.1, -0.05) is 12.6 Å². The van der Waals surface area contributed by atoms with Crippen molar-refractivity contribution in [3.8, 4) is 0 Å². The second-order valence-corrected chi connectivity index (χ2v) is 0.665. The summed E-state index contributed by atoms with van der Waals surface area (Å²) in [4.78, 5) is 8.86. The maximum absolute atomic E-state index is 8.86. The van der Waals surface area contributed by atoms with Crippen LogP contribution in [0.25, 0.3) is 0 Å². The van der Waals surface area contributed by atoms with Gasteiger partial charge < -0.3 is 5.11 Å². The molecule has 1 N–H and O–H groups in total. The van der Waals surface area contributed by atoms with Gasteiger partial charge in [-0.05, 0) is 0 Å². The van der Waals surface area contributed by atoms with E-state index in [1.807, 2.05) is 0 Å². The molecular weight excluding hydrogens is 146 g/mol. The molecule has 0 rings (SSSR count). The van der Waals surface area contributed by atoms with Crippen LogP contribution in [0.4, 0.5) is 4.79 Å². The molecule has 0 bridgehead atoms. The summed E-state index contributed by atoms with van der Waals surface area (Å²) >= 11 is 2.88. The van der Waals surface area contributed by atoms with Gasteiger partial charge in [-0.25, -0.2) is 4.79 Å². The molecule has 0 aliphatic carbocycles. The van der Waals surface area contributed by atoms with Crippen molar-refractivity contribution in [3.63, 3.8) is 0 Å². The van der Waals surface area contributed by atoms with Crippen molar-refractivity contribution in [3.05, 3.63) is 0 Å². The van der Waals surface area contributed by atoms with Crippen LogP contribution in [0.3, 0.4) is 0 Å². The van der Waals surface area contributed by atoms with Gasteiger partial charge in [0, 0.05) is 0 Å². The van der Waals surface area contributed by atoms with Crippen molar-refractivity contribution in [2.75, 3.05) is 0 Å². The summed E-state index contributed by atoms with van der Waals surface area (Å²) in [6, 6.07) is 0. The molecule has 0 saturated heterocycles. The Balaban J connectivity index is 0. The van der Waals surface area contributed by atoms with E-state index in [1.165, 1.54) is 0 Å². The van der Waals surface area contributed by atoms with Gasteiger partial charge in [-0.2, -0.15) is 0 Å². The van der Waals surface area contributed by atoms with Gasteiger partial charge in [0.1, 0.15) is 0 Å². The van der Waals surface area contributed by atoms with Crippen LogP contribution in [0, 0.1) is 0 Å². The summed E-state index contributed by atoms with van der Waals surface area (Å²) in [7, 11) is 0. The molecule has 0 unspecified atom stereocenters. The molecule has 0 radical (unpaired) electrons. The van der Waals surface area contributed by atoms with Gasteiger partial charge in [0.05, 0.1) is 0 Å². The average molecular weight is 151 g/mol. The number of rotatable bonds is 0. The van der Waals surface area contributed by atoms with E-state index in [0.29, 0.717) is 0 Å². The van der Waals surface area contributed by atoms with Gasteiger partial charge in [0.2, 0.25) is 0 Å². The van der Waals surface area contributed by atoms with Crippen molar-refractivity contribution in [1.82, 2.24) is 0 Å². The van der Waals surface area contributed by atoms with Gasteiger partial charge >= 0.3 is 25.1 Å². The van der Waals surface area contributed by atoms with E-state index < -0.39 is 5.30 Å². The zero-order chi connectivity index (χ0) is 3.58. The molecule has 0 fully saturated rings. The second kappa shape index (κ2) is 4.46. The molecule has 0 aliphatic rings. The summed E-state index contributed by atoms with van der Waals surface area (Å²) in [6.45, 7) is 0. The molecule has 0 aliphatic heterocycles. The SMILES string of the molecule is O=C(O)S.[GaH3]. The van der Waals surface area contributed by atoms with Crippen molar-refractivity contribution >= 4 is 37.7 Å². The van der Waals surface area contributed by atoms with Crippen LogP contribution < -0.4 is 0 Å². The second-order valence-electron chi connectivity index (χ2n) is 0.283. The van der Waals surface area contributed by atoms with Crippen molar-refractivity contribution < 1.29 is 9.90 Å². The Kier molecular flexibility index (Phi) is 8.08. The topological polar surface area (TPSA) is 37.3 Å². The zero-order valence-electron chi connectivity index (χ0n) is 1.80. The van der Waals surface area contributed by atoms with Crippen LogP contribution in [0.2, 0.25) is 0 Å². The van der Waals surface area contributed by atoms with Crippen LogP contribution in [0.5, 0.6) is 0 Å². The van der Waals surface area contributed by atoms with E-state index in [0.717, 1.165) is 0 Å². The molecule has 30 valence electrons. The minimum atomic E-state index is -1.14. The first kappa shape index (κ1) is 9.07. The fraction of sp³-hybridized carbons (Fsp3) is 0. The van der Waals surface area contributed by atoms with E-state index in [-0.39, 0.29) is 19.8 Å². The predicted octanol–water partition coefficient (Wildman–Crippen LogP) is -0.590. The summed E-state index contributed by atoms with van der Waals surface area (Å²) in [5.74, 6) is 0. The van der Waals surface area contributed by atoms with Crippen molar-refractivity contribution in [2.45, 2.75) is 0 Å². The maximum atomic E-state index is 8.86. The Labute approximate surface area is 48.0 Å². The number of hydrogen-bond acceptors (Lipinski definition) is 1. The molecule has 0 aromatic heterocycles. The Morgan fingerprint density at radius 1 is 1.80 bits per heavy atom. The number of thiol groups is 1. The molecule has 0 spiro atoms. The van der Waals surface area contributed by atoms with Crippen molar-refractivity contribution in [2.24, 2.45) is 0 Å². The molecule has 4 heteroatoms. The summed E-state index contributed by atoms with van der Waals surface area (Å²) in [6.07, 6.45) is 0. The minimum absolute atomic E-state index is 0. The standard InChI is InChI=1S/CH2O2S.Ga.3H/c2-1(3)4;;;;/h4H,(H,2,3);;;;. The van der Waals surface area contributed by atoms with E-state index in [2.05, 4.69) is 12.6 Å². The van der Waals surface area contributed by atoms with Crippen LogP contribution in [0.1, 0.15) is 0 Å². The molecule has 0 amide bonds. The zero-order valence-corrected chi connectivity index (χ0v) is 2.70. The van der Waals surface area contributed by atoms with Gasteiger partial charge in [-0.3, -0.25) is 0 Å². The number of hydrogen-bond donors (Lipinski definition) is 2. The van der Waals surface area contributed by atoms with Crippen LogP contribution >= 0.6 is 12.6 Å². The van der Waals surface area contributed by atoms with Crippen LogP contribution in [-0.4, -0.2) is 30.2 Å². The molecule has 5 heavy (non-hydrogen) atoms. The average Bonchev–Trinajstić information content (AvgIpc) is 0.811.